The van der Waals surface area contributed by atoms with Crippen LogP contribution in [0, 0.1) is 0 Å². The second-order valence-electron chi connectivity index (χ2n) is 11.5. The monoisotopic (exact) mass is 684 g/mol. The third-order valence-corrected chi connectivity index (χ3v) is 7.62. The molecule has 0 bridgehead atoms. The standard InChI is InChI=1S/2C16H20N4O.C4H4O4/c2*1-13-9-17-7-8-20(13)15-10-18-11-16(19-15)21-12-14-5-3-2-4-6-14;5-3(6)1-2-4(7)8/h2*2-6,10-11,13,17H,7-9,12H2,1H3;1-2H,(H,5,6)(H,7,8)/b;;2-1-/t2*13-;/m11./s1. The molecule has 0 spiro atoms. The number of benzene rings is 2. The molecule has 4 aromatic rings. The molecule has 0 unspecified atom stereocenters. The molecule has 14 heteroatoms. The highest BCUT2D eigenvalue weighted by atomic mass is 16.5. The molecular formula is C36H44N8O6. The highest BCUT2D eigenvalue weighted by molar-refractivity contribution is 5.89. The van der Waals surface area contributed by atoms with Gasteiger partial charge in [0.25, 0.3) is 0 Å². The summed E-state index contributed by atoms with van der Waals surface area (Å²) in [6, 6.07) is 21.0. The summed E-state index contributed by atoms with van der Waals surface area (Å²) in [6.45, 7) is 11.2. The first-order valence-electron chi connectivity index (χ1n) is 16.3. The molecule has 2 aliphatic rings. The minimum absolute atomic E-state index is 0.414. The smallest absolute Gasteiger partial charge is 0.328 e. The molecule has 2 aromatic heterocycles. The number of piperazine rings is 2. The lowest BCUT2D eigenvalue weighted by molar-refractivity contribution is -0.134. The summed E-state index contributed by atoms with van der Waals surface area (Å²) >= 11 is 0. The van der Waals surface area contributed by atoms with Crippen molar-refractivity contribution >= 4 is 23.6 Å². The lowest BCUT2D eigenvalue weighted by Crippen LogP contribution is -2.50. The zero-order chi connectivity index (χ0) is 35.6. The van der Waals surface area contributed by atoms with E-state index in [9.17, 15) is 9.59 Å². The number of nitrogens with zero attached hydrogens (tertiary/aromatic N) is 6. The van der Waals surface area contributed by atoms with Gasteiger partial charge in [0, 0.05) is 63.5 Å². The van der Waals surface area contributed by atoms with E-state index < -0.39 is 11.9 Å². The molecular weight excluding hydrogens is 640 g/mol. The average Bonchev–Trinajstić information content (AvgIpc) is 3.14. The van der Waals surface area contributed by atoms with Crippen molar-refractivity contribution in [3.05, 3.63) is 109 Å². The first-order valence-corrected chi connectivity index (χ1v) is 16.3. The first kappa shape index (κ1) is 37.2. The molecule has 2 aliphatic heterocycles. The van der Waals surface area contributed by atoms with Gasteiger partial charge >= 0.3 is 11.9 Å². The van der Waals surface area contributed by atoms with Crippen LogP contribution in [0.1, 0.15) is 25.0 Å². The van der Waals surface area contributed by atoms with Gasteiger partial charge in [-0.3, -0.25) is 9.97 Å². The Morgan fingerprint density at radius 2 is 1.10 bits per heavy atom. The van der Waals surface area contributed by atoms with E-state index in [0.29, 0.717) is 49.2 Å². The van der Waals surface area contributed by atoms with Crippen molar-refractivity contribution in [2.24, 2.45) is 0 Å². The number of ether oxygens (including phenoxy) is 2. The summed E-state index contributed by atoms with van der Waals surface area (Å²) in [6.07, 6.45) is 8.05. The minimum atomic E-state index is -1.26. The molecule has 2 fully saturated rings. The van der Waals surface area contributed by atoms with E-state index in [4.69, 9.17) is 19.7 Å². The number of aromatic nitrogens is 4. The van der Waals surface area contributed by atoms with Gasteiger partial charge in [0.15, 0.2) is 11.6 Å². The van der Waals surface area contributed by atoms with Crippen molar-refractivity contribution in [1.29, 1.82) is 0 Å². The highest BCUT2D eigenvalue weighted by Crippen LogP contribution is 2.19. The first-order chi connectivity index (χ1) is 24.3. The minimum Gasteiger partial charge on any atom is -0.478 e. The number of anilines is 2. The van der Waals surface area contributed by atoms with Crippen molar-refractivity contribution in [3.8, 4) is 11.8 Å². The Kier molecular flexibility index (Phi) is 14.9. The average molecular weight is 685 g/mol. The molecule has 2 saturated heterocycles. The van der Waals surface area contributed by atoms with Crippen LogP contribution in [-0.4, -0.2) is 93.4 Å². The van der Waals surface area contributed by atoms with Crippen molar-refractivity contribution in [2.75, 3.05) is 49.1 Å². The van der Waals surface area contributed by atoms with Crippen molar-refractivity contribution in [3.63, 3.8) is 0 Å². The largest absolute Gasteiger partial charge is 0.478 e. The number of carboxylic acid groups (broad SMARTS) is 2. The molecule has 2 atom stereocenters. The Morgan fingerprint density at radius 3 is 1.46 bits per heavy atom. The van der Waals surface area contributed by atoms with Crippen molar-refractivity contribution in [1.82, 2.24) is 30.6 Å². The summed E-state index contributed by atoms with van der Waals surface area (Å²) < 4.78 is 11.5. The molecule has 4 heterocycles. The number of hydrogen-bond acceptors (Lipinski definition) is 12. The zero-order valence-electron chi connectivity index (χ0n) is 28.3. The van der Waals surface area contributed by atoms with Crippen molar-refractivity contribution < 1.29 is 29.3 Å². The molecule has 2 aromatic carbocycles. The van der Waals surface area contributed by atoms with Crippen LogP contribution in [0.25, 0.3) is 0 Å². The van der Waals surface area contributed by atoms with Crippen LogP contribution in [0.3, 0.4) is 0 Å². The Bertz CT molecular complexity index is 1530. The van der Waals surface area contributed by atoms with Gasteiger partial charge in [-0.25, -0.2) is 9.59 Å². The molecule has 14 nitrogen and oxygen atoms in total. The lowest BCUT2D eigenvalue weighted by Gasteiger charge is -2.34. The van der Waals surface area contributed by atoms with Crippen LogP contribution in [0.2, 0.25) is 0 Å². The van der Waals surface area contributed by atoms with E-state index in [1.807, 2.05) is 60.7 Å². The van der Waals surface area contributed by atoms with Crippen LogP contribution < -0.4 is 29.9 Å². The number of carboxylic acids is 2. The fraction of sp³-hybridized carbons (Fsp3) is 0.333. The molecule has 4 N–H and O–H groups in total. The summed E-state index contributed by atoms with van der Waals surface area (Å²) in [5.41, 5.74) is 2.25. The molecule has 264 valence electrons. The normalized spacial score (nSPS) is 17.1. The second-order valence-corrected chi connectivity index (χ2v) is 11.5. The number of aliphatic carboxylic acids is 2. The summed E-state index contributed by atoms with van der Waals surface area (Å²) in [5, 5.41) is 22.4. The van der Waals surface area contributed by atoms with Crippen LogP contribution in [0.5, 0.6) is 11.8 Å². The number of nitrogens with one attached hydrogen (secondary N) is 2. The van der Waals surface area contributed by atoms with Gasteiger partial charge in [0.2, 0.25) is 11.8 Å². The predicted octanol–water partition coefficient (Wildman–Crippen LogP) is 3.42. The van der Waals surface area contributed by atoms with Crippen LogP contribution in [0.15, 0.2) is 97.6 Å². The van der Waals surface area contributed by atoms with E-state index >= 15 is 0 Å². The van der Waals surface area contributed by atoms with Gasteiger partial charge in [-0.1, -0.05) is 60.7 Å². The van der Waals surface area contributed by atoms with E-state index in [-0.39, 0.29) is 0 Å². The van der Waals surface area contributed by atoms with Gasteiger partial charge in [-0.15, -0.1) is 0 Å². The predicted molar refractivity (Wildman–Crippen MR) is 189 cm³/mol. The molecule has 0 saturated carbocycles. The Morgan fingerprint density at radius 1 is 0.700 bits per heavy atom. The Balaban J connectivity index is 0.000000186. The molecule has 50 heavy (non-hydrogen) atoms. The molecule has 6 rings (SSSR count). The van der Waals surface area contributed by atoms with E-state index in [1.54, 1.807) is 24.8 Å². The van der Waals surface area contributed by atoms with Gasteiger partial charge in [-0.2, -0.15) is 9.97 Å². The number of rotatable bonds is 10. The fourth-order valence-corrected chi connectivity index (χ4v) is 5.06. The van der Waals surface area contributed by atoms with Gasteiger partial charge in [0.05, 0.1) is 24.8 Å². The SMILES string of the molecule is C[C@@H]1CNCCN1c1cncc(OCc2ccccc2)n1.C[C@@H]1CNCCN1c1cncc(OCc2ccccc2)n1.O=C(O)/C=C\C(=O)O. The topological polar surface area (TPSA) is 175 Å². The van der Waals surface area contributed by atoms with Gasteiger partial charge in [0.1, 0.15) is 13.2 Å². The zero-order valence-corrected chi connectivity index (χ0v) is 28.3. The van der Waals surface area contributed by atoms with Crippen LogP contribution >= 0.6 is 0 Å². The third kappa shape index (κ3) is 12.8. The lowest BCUT2D eigenvalue weighted by atomic mass is 10.2. The maximum Gasteiger partial charge on any atom is 0.328 e. The van der Waals surface area contributed by atoms with Crippen LogP contribution in [0.4, 0.5) is 11.6 Å². The highest BCUT2D eigenvalue weighted by Gasteiger charge is 2.21. The maximum absolute atomic E-state index is 9.55. The van der Waals surface area contributed by atoms with Gasteiger partial charge in [-0.05, 0) is 25.0 Å². The molecule has 0 amide bonds. The quantitative estimate of drug-likeness (QED) is 0.179. The van der Waals surface area contributed by atoms with Crippen LogP contribution in [-0.2, 0) is 22.8 Å². The molecule has 0 radical (unpaired) electrons. The summed E-state index contributed by atoms with van der Waals surface area (Å²) in [4.78, 5) is 41.3. The van der Waals surface area contributed by atoms with E-state index in [1.165, 1.54) is 0 Å². The summed E-state index contributed by atoms with van der Waals surface area (Å²) in [5.74, 6) is 0.396. The summed E-state index contributed by atoms with van der Waals surface area (Å²) in [7, 11) is 0. The van der Waals surface area contributed by atoms with E-state index in [0.717, 1.165) is 62.0 Å². The van der Waals surface area contributed by atoms with E-state index in [2.05, 4.69) is 54.2 Å². The molecule has 0 aliphatic carbocycles. The number of carbonyl (C=O) groups is 2. The Hall–Kier alpha value is -5.60. The number of hydrogen-bond donors (Lipinski definition) is 4. The van der Waals surface area contributed by atoms with Gasteiger partial charge < -0.3 is 40.1 Å². The third-order valence-electron chi connectivity index (χ3n) is 7.62. The second kappa shape index (κ2) is 20.0. The Labute approximate surface area is 291 Å². The fourth-order valence-electron chi connectivity index (χ4n) is 5.06. The van der Waals surface area contributed by atoms with Crippen molar-refractivity contribution in [2.45, 2.75) is 39.1 Å². The maximum atomic E-state index is 9.55.